The molecule has 0 radical (unpaired) electrons. The van der Waals surface area contributed by atoms with Gasteiger partial charge in [0.1, 0.15) is 12.6 Å². The fraction of sp³-hybridized carbons (Fsp3) is 0.553. The number of aliphatic carboxylic acids is 1. The maximum absolute atomic E-state index is 12.6. The Hall–Kier alpha value is -3.49. The number of esters is 1. The Morgan fingerprint density at radius 3 is 2.30 bits per heavy atom. The molecule has 0 unspecified atom stereocenters. The second-order valence-electron chi connectivity index (χ2n) is 13.7. The predicted octanol–water partition coefficient (Wildman–Crippen LogP) is 5.97. The van der Waals surface area contributed by atoms with Crippen molar-refractivity contribution in [3.8, 4) is 0 Å². The lowest BCUT2D eigenvalue weighted by Crippen LogP contribution is -2.46. The third-order valence-electron chi connectivity index (χ3n) is 10.6. The van der Waals surface area contributed by atoms with E-state index >= 15 is 0 Å². The minimum atomic E-state index is -0.647. The van der Waals surface area contributed by atoms with Gasteiger partial charge in [-0.3, -0.25) is 19.2 Å². The number of carbonyl (C=O) groups is 2. The lowest BCUT2D eigenvalue weighted by atomic mass is 9.83. The molecule has 0 spiro atoms. The third kappa shape index (κ3) is 7.89. The van der Waals surface area contributed by atoms with Crippen LogP contribution in [0.3, 0.4) is 0 Å². The highest BCUT2D eigenvalue weighted by atomic mass is 16.5. The number of carboxylic acid groups (broad SMARTS) is 1. The summed E-state index contributed by atoms with van der Waals surface area (Å²) in [6.45, 7) is 6.92. The maximum Gasteiger partial charge on any atom is 0.327 e. The average molecular weight is 627 g/mol. The van der Waals surface area contributed by atoms with E-state index < -0.39 is 5.97 Å². The minimum Gasteiger partial charge on any atom is -0.480 e. The van der Waals surface area contributed by atoms with Crippen LogP contribution in [0.25, 0.3) is 0 Å². The normalized spacial score (nSPS) is 22.5. The molecule has 2 aromatic carbocycles. The first kappa shape index (κ1) is 32.5. The Morgan fingerprint density at radius 1 is 0.935 bits per heavy atom. The molecule has 1 saturated carbocycles. The van der Waals surface area contributed by atoms with E-state index in [1.54, 1.807) is 0 Å². The predicted molar refractivity (Wildman–Crippen MR) is 179 cm³/mol. The van der Waals surface area contributed by atoms with Crippen molar-refractivity contribution >= 4 is 11.9 Å². The highest BCUT2D eigenvalue weighted by molar-refractivity contribution is 5.74. The highest BCUT2D eigenvalue weighted by Crippen LogP contribution is 2.39. The molecule has 3 fully saturated rings. The highest BCUT2D eigenvalue weighted by Gasteiger charge is 2.43. The zero-order valence-electron chi connectivity index (χ0n) is 27.3. The largest absolute Gasteiger partial charge is 0.480 e. The molecule has 3 heterocycles. The van der Waals surface area contributed by atoms with Crippen LogP contribution in [0.2, 0.25) is 0 Å². The molecule has 8 nitrogen and oxygen atoms in total. The van der Waals surface area contributed by atoms with E-state index in [0.717, 1.165) is 89.1 Å². The first-order valence-electron chi connectivity index (χ1n) is 17.5. The van der Waals surface area contributed by atoms with Gasteiger partial charge in [0.15, 0.2) is 0 Å². The monoisotopic (exact) mass is 626 g/mol. The van der Waals surface area contributed by atoms with Gasteiger partial charge >= 0.3 is 11.9 Å². The van der Waals surface area contributed by atoms with E-state index in [1.807, 2.05) is 29.8 Å². The summed E-state index contributed by atoms with van der Waals surface area (Å²) in [5.41, 5.74) is 4.64. The summed E-state index contributed by atoms with van der Waals surface area (Å²) < 4.78 is 7.17. The smallest absolute Gasteiger partial charge is 0.327 e. The summed E-state index contributed by atoms with van der Waals surface area (Å²) >= 11 is 0. The Kier molecular flexibility index (Phi) is 10.9. The summed E-state index contributed by atoms with van der Waals surface area (Å²) in [6, 6.07) is 22.9. The van der Waals surface area contributed by atoms with Gasteiger partial charge in [-0.05, 0) is 74.7 Å². The Labute approximate surface area is 273 Å². The third-order valence-corrected chi connectivity index (χ3v) is 10.6. The summed E-state index contributed by atoms with van der Waals surface area (Å²) in [7, 11) is 0. The number of nitrogens with zero attached hydrogens (tertiary/aromatic N) is 4. The molecule has 0 amide bonds. The van der Waals surface area contributed by atoms with Gasteiger partial charge in [0.05, 0.1) is 12.3 Å². The molecule has 3 aromatic rings. The molecule has 6 rings (SSSR count). The quantitative estimate of drug-likeness (QED) is 0.248. The van der Waals surface area contributed by atoms with E-state index in [2.05, 4.69) is 58.3 Å². The van der Waals surface area contributed by atoms with Gasteiger partial charge in [-0.15, -0.1) is 0 Å². The zero-order chi connectivity index (χ0) is 31.9. The lowest BCUT2D eigenvalue weighted by molar-refractivity contribution is -0.146. The molecule has 246 valence electrons. The molecule has 3 atom stereocenters. The fourth-order valence-corrected chi connectivity index (χ4v) is 8.41. The van der Waals surface area contributed by atoms with Crippen molar-refractivity contribution in [2.24, 2.45) is 11.8 Å². The fourth-order valence-electron chi connectivity index (χ4n) is 8.41. The summed E-state index contributed by atoms with van der Waals surface area (Å²) in [4.78, 5) is 30.0. The second-order valence-corrected chi connectivity index (χ2v) is 13.7. The van der Waals surface area contributed by atoms with Crippen LogP contribution in [0.1, 0.15) is 86.2 Å². The molecular formula is C38H50N4O4. The van der Waals surface area contributed by atoms with E-state index in [9.17, 15) is 14.7 Å². The molecule has 46 heavy (non-hydrogen) atoms. The second kappa shape index (κ2) is 15.4. The number of carbonyl (C=O) groups excluding carboxylic acids is 1. The molecule has 0 bridgehead atoms. The van der Waals surface area contributed by atoms with E-state index in [-0.39, 0.29) is 24.5 Å². The molecular weight excluding hydrogens is 576 g/mol. The molecule has 8 heteroatoms. The number of hydrogen-bond acceptors (Lipinski definition) is 6. The van der Waals surface area contributed by atoms with Gasteiger partial charge in [0.25, 0.3) is 0 Å². The van der Waals surface area contributed by atoms with E-state index in [0.29, 0.717) is 24.4 Å². The number of likely N-dealkylation sites (tertiary alicyclic amines) is 2. The standard InChI is InChI=1S/C38H50N4O4/c1-2-46-36(43)27-42-35(23-33(39-42)22-28-12-6-3-7-13-28)30-18-20-40(21-19-30)24-32-25-41(26-34(32)29-14-8-4-9-15-29)37(38(44)45)31-16-10-5-11-17-31/h3-4,6-9,12-15,23,30-32,34,37H,2,5,10-11,16-22,24-27H2,1H3,(H,44,45)/t32-,34+,37+/m0/s1. The Balaban J connectivity index is 1.14. The average Bonchev–Trinajstić information content (AvgIpc) is 3.66. The van der Waals surface area contributed by atoms with Crippen LogP contribution in [0.4, 0.5) is 0 Å². The van der Waals surface area contributed by atoms with Crippen LogP contribution < -0.4 is 0 Å². The van der Waals surface area contributed by atoms with Gasteiger partial charge in [-0.1, -0.05) is 79.9 Å². The Morgan fingerprint density at radius 2 is 1.63 bits per heavy atom. The van der Waals surface area contributed by atoms with Crippen LogP contribution in [0, 0.1) is 11.8 Å². The van der Waals surface area contributed by atoms with Crippen molar-refractivity contribution < 1.29 is 19.4 Å². The topological polar surface area (TPSA) is 87.9 Å². The number of hydrogen-bond donors (Lipinski definition) is 1. The van der Waals surface area contributed by atoms with Gasteiger partial charge in [-0.25, -0.2) is 0 Å². The van der Waals surface area contributed by atoms with Crippen molar-refractivity contribution in [2.45, 2.75) is 82.7 Å². The van der Waals surface area contributed by atoms with E-state index in [1.165, 1.54) is 17.5 Å². The molecule has 3 aliphatic rings. The van der Waals surface area contributed by atoms with Crippen molar-refractivity contribution in [3.05, 3.63) is 89.2 Å². The number of benzene rings is 2. The molecule has 2 aliphatic heterocycles. The molecule has 1 aromatic heterocycles. The first-order chi connectivity index (χ1) is 22.5. The van der Waals surface area contributed by atoms with Crippen molar-refractivity contribution in [2.75, 3.05) is 39.3 Å². The SMILES string of the molecule is CCOC(=O)Cn1nc(Cc2ccccc2)cc1C1CCN(C[C@H]2CN([C@@H](C(=O)O)C3CCCCC3)C[C@@H]2c2ccccc2)CC1. The number of carboxylic acids is 1. The van der Waals surface area contributed by atoms with Crippen LogP contribution in [0.5, 0.6) is 0 Å². The van der Waals surface area contributed by atoms with Gasteiger partial charge < -0.3 is 14.7 Å². The minimum absolute atomic E-state index is 0.139. The maximum atomic E-state index is 12.6. The van der Waals surface area contributed by atoms with Crippen LogP contribution in [0.15, 0.2) is 66.7 Å². The summed E-state index contributed by atoms with van der Waals surface area (Å²) in [5, 5.41) is 15.3. The molecule has 1 N–H and O–H groups in total. The van der Waals surface area contributed by atoms with Gasteiger partial charge in [-0.2, -0.15) is 5.10 Å². The van der Waals surface area contributed by atoms with Crippen LogP contribution >= 0.6 is 0 Å². The zero-order valence-corrected chi connectivity index (χ0v) is 27.3. The van der Waals surface area contributed by atoms with Crippen molar-refractivity contribution in [1.82, 2.24) is 19.6 Å². The van der Waals surface area contributed by atoms with Crippen LogP contribution in [-0.4, -0.2) is 82.0 Å². The Bertz CT molecular complexity index is 1410. The van der Waals surface area contributed by atoms with Gasteiger partial charge in [0.2, 0.25) is 0 Å². The van der Waals surface area contributed by atoms with E-state index in [4.69, 9.17) is 9.84 Å². The number of ether oxygens (including phenoxy) is 1. The number of piperidine rings is 1. The molecule has 2 saturated heterocycles. The van der Waals surface area contributed by atoms with Crippen molar-refractivity contribution in [1.29, 1.82) is 0 Å². The van der Waals surface area contributed by atoms with Crippen molar-refractivity contribution in [3.63, 3.8) is 0 Å². The summed E-state index contributed by atoms with van der Waals surface area (Å²) in [6.07, 6.45) is 8.33. The number of rotatable bonds is 12. The van der Waals surface area contributed by atoms with Gasteiger partial charge in [0, 0.05) is 43.6 Å². The van der Waals surface area contributed by atoms with Crippen LogP contribution in [-0.2, 0) is 27.3 Å². The molecule has 1 aliphatic carbocycles. The summed E-state index contributed by atoms with van der Waals surface area (Å²) in [5.74, 6) is 0.401. The first-order valence-corrected chi connectivity index (χ1v) is 17.5. The lowest BCUT2D eigenvalue weighted by Gasteiger charge is -2.35. The number of aromatic nitrogens is 2.